The molecule has 3 aliphatic heterocycles. The van der Waals surface area contributed by atoms with Crippen LogP contribution in [0.5, 0.6) is 0 Å². The van der Waals surface area contributed by atoms with E-state index in [9.17, 15) is 0 Å². The first-order chi connectivity index (χ1) is 16.4. The molecule has 0 amide bonds. The lowest BCUT2D eigenvalue weighted by atomic mass is 9.60. The number of rotatable bonds is 2. The Labute approximate surface area is 217 Å². The molecule has 3 spiro atoms. The predicted molar refractivity (Wildman–Crippen MR) is 148 cm³/mol. The van der Waals surface area contributed by atoms with Crippen LogP contribution in [-0.4, -0.2) is 71.6 Å². The first kappa shape index (κ1) is 25.2. The molecule has 3 saturated heterocycles. The molecule has 0 N–H and O–H groups in total. The second-order valence-corrected chi connectivity index (χ2v) is 16.9. The van der Waals surface area contributed by atoms with Crippen LogP contribution in [0.1, 0.15) is 119 Å². The highest BCUT2D eigenvalue weighted by Crippen LogP contribution is 2.54. The zero-order valence-corrected chi connectivity index (χ0v) is 24.3. The summed E-state index contributed by atoms with van der Waals surface area (Å²) in [5.74, 6) is 0.958. The van der Waals surface area contributed by atoms with Gasteiger partial charge in [0.1, 0.15) is 0 Å². The molecule has 0 bridgehead atoms. The third-order valence-electron chi connectivity index (χ3n) is 12.5. The van der Waals surface area contributed by atoms with Gasteiger partial charge in [0, 0.05) is 56.9 Å². The molecular weight excluding hydrogens is 426 g/mol. The third-order valence-corrected chi connectivity index (χ3v) is 12.5. The van der Waals surface area contributed by atoms with Gasteiger partial charge < -0.3 is 0 Å². The van der Waals surface area contributed by atoms with E-state index in [1.54, 1.807) is 0 Å². The molecule has 6 rings (SSSR count). The standard InChI is InChI=1S/C32H57N3/c1-28(2,3)25-7-13-30(14-8-25)19-33(20-30)26-9-15-31(16-10-26)21-34(22-31)27-11-17-32(18-12-27)23-35(24-32)29(4,5)6/h25-27H,7-24H2,1-6H3. The highest BCUT2D eigenvalue weighted by atomic mass is 15.3. The lowest BCUT2D eigenvalue weighted by molar-refractivity contribution is -0.125. The van der Waals surface area contributed by atoms with Crippen LogP contribution in [0.4, 0.5) is 0 Å². The number of nitrogens with zero attached hydrogens (tertiary/aromatic N) is 3. The fourth-order valence-electron chi connectivity index (χ4n) is 9.59. The van der Waals surface area contributed by atoms with E-state index in [2.05, 4.69) is 56.2 Å². The van der Waals surface area contributed by atoms with Gasteiger partial charge in [0.05, 0.1) is 0 Å². The molecule has 200 valence electrons. The molecule has 3 nitrogen and oxygen atoms in total. The number of likely N-dealkylation sites (tertiary alicyclic amines) is 3. The summed E-state index contributed by atoms with van der Waals surface area (Å²) in [6, 6.07) is 1.82. The third kappa shape index (κ3) is 4.67. The van der Waals surface area contributed by atoms with Crippen LogP contribution in [0.25, 0.3) is 0 Å². The van der Waals surface area contributed by atoms with Crippen LogP contribution in [0.2, 0.25) is 0 Å². The van der Waals surface area contributed by atoms with Crippen molar-refractivity contribution >= 4 is 0 Å². The lowest BCUT2D eigenvalue weighted by Crippen LogP contribution is -2.67. The van der Waals surface area contributed by atoms with Gasteiger partial charge in [-0.1, -0.05) is 20.8 Å². The van der Waals surface area contributed by atoms with E-state index in [4.69, 9.17) is 0 Å². The molecule has 0 radical (unpaired) electrons. The van der Waals surface area contributed by atoms with Crippen molar-refractivity contribution in [2.24, 2.45) is 27.6 Å². The minimum atomic E-state index is 0.368. The molecule has 0 unspecified atom stereocenters. The maximum Gasteiger partial charge on any atom is 0.0125 e. The summed E-state index contributed by atoms with van der Waals surface area (Å²) in [5.41, 5.74) is 2.99. The van der Waals surface area contributed by atoms with Crippen molar-refractivity contribution in [1.82, 2.24) is 14.7 Å². The van der Waals surface area contributed by atoms with Gasteiger partial charge in [0.25, 0.3) is 0 Å². The molecule has 3 heterocycles. The van der Waals surface area contributed by atoms with Crippen LogP contribution in [-0.2, 0) is 0 Å². The van der Waals surface area contributed by atoms with Crippen LogP contribution in [0.3, 0.4) is 0 Å². The van der Waals surface area contributed by atoms with Crippen molar-refractivity contribution in [1.29, 1.82) is 0 Å². The molecule has 6 aliphatic rings. The van der Waals surface area contributed by atoms with E-state index >= 15 is 0 Å². The van der Waals surface area contributed by atoms with Gasteiger partial charge in [0.15, 0.2) is 0 Å². The molecule has 0 aromatic rings. The molecule has 6 fully saturated rings. The van der Waals surface area contributed by atoms with E-state index in [1.807, 2.05) is 0 Å². The Hall–Kier alpha value is -0.120. The van der Waals surface area contributed by atoms with Crippen molar-refractivity contribution < 1.29 is 0 Å². The fourth-order valence-corrected chi connectivity index (χ4v) is 9.59. The van der Waals surface area contributed by atoms with Crippen molar-refractivity contribution in [2.45, 2.75) is 136 Å². The van der Waals surface area contributed by atoms with Gasteiger partial charge in [-0.2, -0.15) is 0 Å². The summed E-state index contributed by atoms with van der Waals surface area (Å²) >= 11 is 0. The molecule has 3 saturated carbocycles. The Morgan fingerprint density at radius 1 is 0.486 bits per heavy atom. The first-order valence-electron chi connectivity index (χ1n) is 15.6. The number of hydrogen-bond donors (Lipinski definition) is 0. The first-order valence-corrected chi connectivity index (χ1v) is 15.6. The average molecular weight is 484 g/mol. The molecule has 0 aromatic heterocycles. The van der Waals surface area contributed by atoms with Crippen molar-refractivity contribution in [2.75, 3.05) is 39.3 Å². The number of hydrogen-bond acceptors (Lipinski definition) is 3. The summed E-state index contributed by atoms with van der Waals surface area (Å²) in [6.07, 6.45) is 17.9. The SMILES string of the molecule is CC(C)(C)C1CCC2(CC1)CN(C1CCC3(CC1)CN(C1CCC4(CC1)CN(C(C)(C)C)C4)C3)C2. The van der Waals surface area contributed by atoms with Crippen LogP contribution >= 0.6 is 0 Å². The Bertz CT molecular complexity index is 740. The Morgan fingerprint density at radius 2 is 0.829 bits per heavy atom. The summed E-state index contributed by atoms with van der Waals surface area (Å²) in [6.45, 7) is 23.0. The average Bonchev–Trinajstić information content (AvgIpc) is 2.73. The van der Waals surface area contributed by atoms with E-state index in [0.29, 0.717) is 27.2 Å². The minimum Gasteiger partial charge on any atom is -0.299 e. The Morgan fingerprint density at radius 3 is 1.17 bits per heavy atom. The van der Waals surface area contributed by atoms with Gasteiger partial charge in [-0.15, -0.1) is 0 Å². The van der Waals surface area contributed by atoms with Gasteiger partial charge >= 0.3 is 0 Å². The van der Waals surface area contributed by atoms with Gasteiger partial charge in [-0.25, -0.2) is 0 Å². The van der Waals surface area contributed by atoms with Crippen molar-refractivity contribution in [3.63, 3.8) is 0 Å². The van der Waals surface area contributed by atoms with Crippen LogP contribution in [0, 0.1) is 27.6 Å². The highest BCUT2D eigenvalue weighted by molar-refractivity contribution is 5.08. The van der Waals surface area contributed by atoms with Crippen LogP contribution < -0.4 is 0 Å². The summed E-state index contributed by atoms with van der Waals surface area (Å²) in [5, 5.41) is 0. The maximum absolute atomic E-state index is 2.92. The second kappa shape index (κ2) is 8.44. The molecule has 0 atom stereocenters. The fraction of sp³-hybridized carbons (Fsp3) is 1.00. The molecule has 35 heavy (non-hydrogen) atoms. The van der Waals surface area contributed by atoms with Crippen molar-refractivity contribution in [3.8, 4) is 0 Å². The van der Waals surface area contributed by atoms with Crippen molar-refractivity contribution in [3.05, 3.63) is 0 Å². The van der Waals surface area contributed by atoms with Gasteiger partial charge in [0.2, 0.25) is 0 Å². The maximum atomic E-state index is 2.92. The zero-order chi connectivity index (χ0) is 24.7. The lowest BCUT2D eigenvalue weighted by Gasteiger charge is -2.62. The van der Waals surface area contributed by atoms with E-state index in [1.165, 1.54) is 116 Å². The summed E-state index contributed by atoms with van der Waals surface area (Å²) in [7, 11) is 0. The zero-order valence-electron chi connectivity index (χ0n) is 24.3. The van der Waals surface area contributed by atoms with E-state index in [-0.39, 0.29) is 0 Å². The quantitative estimate of drug-likeness (QED) is 0.427. The highest BCUT2D eigenvalue weighted by Gasteiger charge is 2.54. The van der Waals surface area contributed by atoms with Crippen LogP contribution in [0.15, 0.2) is 0 Å². The molecule has 3 heteroatoms. The summed E-state index contributed by atoms with van der Waals surface area (Å²) < 4.78 is 0. The summed E-state index contributed by atoms with van der Waals surface area (Å²) in [4.78, 5) is 8.54. The van der Waals surface area contributed by atoms with E-state index < -0.39 is 0 Å². The Kier molecular flexibility index (Phi) is 6.07. The topological polar surface area (TPSA) is 9.72 Å². The molecule has 3 aliphatic carbocycles. The largest absolute Gasteiger partial charge is 0.299 e. The van der Waals surface area contributed by atoms with Gasteiger partial charge in [-0.3, -0.25) is 14.7 Å². The Balaban J connectivity index is 0.901. The van der Waals surface area contributed by atoms with Gasteiger partial charge in [-0.05, 0) is 125 Å². The molecular formula is C32H57N3. The van der Waals surface area contributed by atoms with E-state index in [0.717, 1.165) is 18.0 Å². The smallest absolute Gasteiger partial charge is 0.0125 e. The minimum absolute atomic E-state index is 0.368. The second-order valence-electron chi connectivity index (χ2n) is 16.9. The monoisotopic (exact) mass is 483 g/mol. The molecule has 0 aromatic carbocycles. The predicted octanol–water partition coefficient (Wildman–Crippen LogP) is 6.81. The normalized spacial score (nSPS) is 36.2.